The number of likely N-dealkylation sites (N-methyl/N-ethyl adjacent to an activating group) is 1. The summed E-state index contributed by atoms with van der Waals surface area (Å²) in [6, 6.07) is 17.8. The SMILES string of the molecule is CNC(CCc1ccccc1C)Cc1cccc(Br)c1. The molecule has 0 aliphatic rings. The van der Waals surface area contributed by atoms with Gasteiger partial charge in [-0.15, -0.1) is 0 Å². The van der Waals surface area contributed by atoms with Crippen molar-refractivity contribution in [3.05, 3.63) is 69.7 Å². The first-order chi connectivity index (χ1) is 9.69. The molecule has 0 spiro atoms. The number of rotatable bonds is 6. The maximum atomic E-state index is 3.54. The monoisotopic (exact) mass is 331 g/mol. The van der Waals surface area contributed by atoms with Crippen LogP contribution in [-0.4, -0.2) is 13.1 Å². The van der Waals surface area contributed by atoms with Gasteiger partial charge in [0.2, 0.25) is 0 Å². The van der Waals surface area contributed by atoms with Gasteiger partial charge in [-0.05, 0) is 62.1 Å². The van der Waals surface area contributed by atoms with E-state index in [0.717, 1.165) is 23.7 Å². The molecule has 0 aliphatic heterocycles. The highest BCUT2D eigenvalue weighted by Crippen LogP contribution is 2.16. The van der Waals surface area contributed by atoms with Crippen molar-refractivity contribution < 1.29 is 0 Å². The summed E-state index contributed by atoms with van der Waals surface area (Å²) in [6.07, 6.45) is 3.36. The van der Waals surface area contributed by atoms with E-state index in [-0.39, 0.29) is 0 Å². The lowest BCUT2D eigenvalue weighted by atomic mass is 9.97. The molecule has 1 nitrogen and oxygen atoms in total. The van der Waals surface area contributed by atoms with E-state index in [0.29, 0.717) is 6.04 Å². The molecule has 1 N–H and O–H groups in total. The quantitative estimate of drug-likeness (QED) is 0.820. The van der Waals surface area contributed by atoms with E-state index >= 15 is 0 Å². The topological polar surface area (TPSA) is 12.0 Å². The van der Waals surface area contributed by atoms with Crippen LogP contribution in [0, 0.1) is 6.92 Å². The van der Waals surface area contributed by atoms with Gasteiger partial charge in [-0.25, -0.2) is 0 Å². The molecule has 1 atom stereocenters. The van der Waals surface area contributed by atoms with Crippen LogP contribution in [0.1, 0.15) is 23.1 Å². The smallest absolute Gasteiger partial charge is 0.0178 e. The van der Waals surface area contributed by atoms with Crippen LogP contribution in [0.2, 0.25) is 0 Å². The number of hydrogen-bond acceptors (Lipinski definition) is 1. The minimum atomic E-state index is 0.518. The lowest BCUT2D eigenvalue weighted by Crippen LogP contribution is -2.28. The minimum absolute atomic E-state index is 0.518. The summed E-state index contributed by atoms with van der Waals surface area (Å²) < 4.78 is 1.16. The van der Waals surface area contributed by atoms with Crippen molar-refractivity contribution in [1.82, 2.24) is 5.32 Å². The molecule has 0 saturated carbocycles. The minimum Gasteiger partial charge on any atom is -0.317 e. The van der Waals surface area contributed by atoms with Crippen molar-refractivity contribution in [1.29, 1.82) is 0 Å². The first-order valence-corrected chi connectivity index (χ1v) is 7.94. The molecule has 0 bridgehead atoms. The van der Waals surface area contributed by atoms with Crippen LogP contribution in [-0.2, 0) is 12.8 Å². The third kappa shape index (κ3) is 4.46. The van der Waals surface area contributed by atoms with E-state index in [1.54, 1.807) is 0 Å². The molecule has 106 valence electrons. The molecule has 0 amide bonds. The predicted octanol–water partition coefficient (Wildman–Crippen LogP) is 4.52. The zero-order valence-corrected chi connectivity index (χ0v) is 13.8. The van der Waals surface area contributed by atoms with Gasteiger partial charge < -0.3 is 5.32 Å². The first-order valence-electron chi connectivity index (χ1n) is 7.15. The Morgan fingerprint density at radius 1 is 1.10 bits per heavy atom. The highest BCUT2D eigenvalue weighted by Gasteiger charge is 2.08. The molecule has 2 aromatic rings. The fourth-order valence-electron chi connectivity index (χ4n) is 2.52. The van der Waals surface area contributed by atoms with E-state index in [2.05, 4.69) is 83.7 Å². The van der Waals surface area contributed by atoms with Gasteiger partial charge in [0.15, 0.2) is 0 Å². The molecule has 2 rings (SSSR count). The summed E-state index contributed by atoms with van der Waals surface area (Å²) in [5.41, 5.74) is 4.23. The van der Waals surface area contributed by atoms with Gasteiger partial charge in [-0.1, -0.05) is 52.3 Å². The van der Waals surface area contributed by atoms with E-state index in [1.165, 1.54) is 16.7 Å². The molecule has 2 heteroatoms. The van der Waals surface area contributed by atoms with Crippen LogP contribution in [0.25, 0.3) is 0 Å². The second kappa shape index (κ2) is 7.61. The van der Waals surface area contributed by atoms with Crippen molar-refractivity contribution in [2.75, 3.05) is 7.05 Å². The predicted molar refractivity (Wildman–Crippen MR) is 90.2 cm³/mol. The molecule has 1 unspecified atom stereocenters. The van der Waals surface area contributed by atoms with Crippen LogP contribution in [0.15, 0.2) is 53.0 Å². The Morgan fingerprint density at radius 2 is 1.90 bits per heavy atom. The fourth-order valence-corrected chi connectivity index (χ4v) is 2.96. The van der Waals surface area contributed by atoms with Crippen LogP contribution in [0.5, 0.6) is 0 Å². The Kier molecular flexibility index (Phi) is 5.81. The number of halogens is 1. The summed E-state index contributed by atoms with van der Waals surface area (Å²) in [5, 5.41) is 3.44. The summed E-state index contributed by atoms with van der Waals surface area (Å²) in [7, 11) is 2.06. The summed E-state index contributed by atoms with van der Waals surface area (Å²) in [5.74, 6) is 0. The zero-order chi connectivity index (χ0) is 14.4. The molecule has 0 aromatic heterocycles. The fraction of sp³-hybridized carbons (Fsp3) is 0.333. The Bertz CT molecular complexity index is 551. The molecule has 20 heavy (non-hydrogen) atoms. The van der Waals surface area contributed by atoms with Crippen LogP contribution in [0.3, 0.4) is 0 Å². The summed E-state index contributed by atoms with van der Waals surface area (Å²) >= 11 is 3.54. The van der Waals surface area contributed by atoms with E-state index in [4.69, 9.17) is 0 Å². The molecule has 2 aromatic carbocycles. The zero-order valence-electron chi connectivity index (χ0n) is 12.2. The van der Waals surface area contributed by atoms with Crippen molar-refractivity contribution in [3.8, 4) is 0 Å². The number of nitrogens with one attached hydrogen (secondary N) is 1. The Balaban J connectivity index is 1.94. The highest BCUT2D eigenvalue weighted by atomic mass is 79.9. The van der Waals surface area contributed by atoms with Crippen LogP contribution in [0.4, 0.5) is 0 Å². The highest BCUT2D eigenvalue weighted by molar-refractivity contribution is 9.10. The van der Waals surface area contributed by atoms with E-state index < -0.39 is 0 Å². The molecule has 0 fully saturated rings. The van der Waals surface area contributed by atoms with Crippen molar-refractivity contribution in [2.24, 2.45) is 0 Å². The van der Waals surface area contributed by atoms with Crippen LogP contribution < -0.4 is 5.32 Å². The maximum Gasteiger partial charge on any atom is 0.0178 e. The lowest BCUT2D eigenvalue weighted by Gasteiger charge is -2.17. The molecule has 0 aliphatic carbocycles. The van der Waals surface area contributed by atoms with Gasteiger partial charge in [0.25, 0.3) is 0 Å². The van der Waals surface area contributed by atoms with Gasteiger partial charge in [-0.3, -0.25) is 0 Å². The third-order valence-corrected chi connectivity index (χ3v) is 4.30. The molecular weight excluding hydrogens is 310 g/mol. The molecule has 0 saturated heterocycles. The first kappa shape index (κ1) is 15.3. The third-order valence-electron chi connectivity index (χ3n) is 3.80. The Morgan fingerprint density at radius 3 is 2.60 bits per heavy atom. The van der Waals surface area contributed by atoms with Crippen molar-refractivity contribution >= 4 is 15.9 Å². The summed E-state index contributed by atoms with van der Waals surface area (Å²) in [6.45, 7) is 2.19. The molecule has 0 heterocycles. The van der Waals surface area contributed by atoms with E-state index in [9.17, 15) is 0 Å². The van der Waals surface area contributed by atoms with Gasteiger partial charge in [0.05, 0.1) is 0 Å². The molecule has 0 radical (unpaired) electrons. The van der Waals surface area contributed by atoms with Gasteiger partial charge in [-0.2, -0.15) is 0 Å². The Hall–Kier alpha value is -1.12. The number of hydrogen-bond donors (Lipinski definition) is 1. The van der Waals surface area contributed by atoms with Gasteiger partial charge >= 0.3 is 0 Å². The van der Waals surface area contributed by atoms with Crippen molar-refractivity contribution in [2.45, 2.75) is 32.2 Å². The Labute approximate surface area is 130 Å². The van der Waals surface area contributed by atoms with Crippen molar-refractivity contribution in [3.63, 3.8) is 0 Å². The van der Waals surface area contributed by atoms with E-state index in [1.807, 2.05) is 0 Å². The standard InChI is InChI=1S/C18H22BrN/c1-14-6-3-4-8-16(14)10-11-18(20-2)13-15-7-5-9-17(19)12-15/h3-9,12,18,20H,10-11,13H2,1-2H3. The maximum absolute atomic E-state index is 3.54. The lowest BCUT2D eigenvalue weighted by molar-refractivity contribution is 0.519. The van der Waals surface area contributed by atoms with Gasteiger partial charge in [0, 0.05) is 10.5 Å². The average Bonchev–Trinajstić information content (AvgIpc) is 2.45. The largest absolute Gasteiger partial charge is 0.317 e. The summed E-state index contributed by atoms with van der Waals surface area (Å²) in [4.78, 5) is 0. The van der Waals surface area contributed by atoms with Crippen LogP contribution >= 0.6 is 15.9 Å². The molecular formula is C18H22BrN. The second-order valence-electron chi connectivity index (χ2n) is 5.28. The number of aryl methyl sites for hydroxylation is 2. The van der Waals surface area contributed by atoms with Gasteiger partial charge in [0.1, 0.15) is 0 Å². The number of benzene rings is 2. The average molecular weight is 332 g/mol. The normalized spacial score (nSPS) is 12.3. The second-order valence-corrected chi connectivity index (χ2v) is 6.20.